The second-order valence-electron chi connectivity index (χ2n) is 5.06. The van der Waals surface area contributed by atoms with Crippen LogP contribution in [-0.2, 0) is 18.6 Å². The van der Waals surface area contributed by atoms with Crippen LogP contribution in [0.4, 0.5) is 4.79 Å². The fourth-order valence-electron chi connectivity index (χ4n) is 2.36. The minimum atomic E-state index is -4.79. The van der Waals surface area contributed by atoms with Gasteiger partial charge >= 0.3 is 25.8 Å². The Morgan fingerprint density at radius 2 is 2.12 bits per heavy atom. The van der Waals surface area contributed by atoms with Crippen LogP contribution in [0, 0.1) is 10.1 Å². The van der Waals surface area contributed by atoms with Gasteiger partial charge in [0.25, 0.3) is 0 Å². The molecule has 0 spiro atoms. The number of urea groups is 1. The molecule has 0 bridgehead atoms. The van der Waals surface area contributed by atoms with Gasteiger partial charge in [-0.05, 0) is 0 Å². The number of thiol groups is 1. The molecule has 2 rings (SSSR count). The van der Waals surface area contributed by atoms with Crippen LogP contribution in [0.3, 0.4) is 0 Å². The molecular formula is C9H14N3O10PS. The van der Waals surface area contributed by atoms with Crippen LogP contribution in [0.15, 0.2) is 0 Å². The van der Waals surface area contributed by atoms with Gasteiger partial charge in [-0.3, -0.25) is 29.6 Å². The smallest absolute Gasteiger partial charge is 0.390 e. The number of imide groups is 1. The second kappa shape index (κ2) is 6.92. The lowest BCUT2D eigenvalue weighted by Gasteiger charge is -2.36. The molecule has 4 N–H and O–H groups in total. The average molecular weight is 387 g/mol. The maximum atomic E-state index is 11.9. The minimum Gasteiger partial charge on any atom is -0.390 e. The van der Waals surface area contributed by atoms with Crippen LogP contribution >= 0.6 is 20.5 Å². The molecule has 0 aromatic carbocycles. The molecule has 0 radical (unpaired) electrons. The van der Waals surface area contributed by atoms with Crippen LogP contribution in [0.1, 0.15) is 6.42 Å². The van der Waals surface area contributed by atoms with E-state index in [9.17, 15) is 29.4 Å². The molecule has 0 aromatic rings. The number of amides is 3. The fourth-order valence-corrected chi connectivity index (χ4v) is 3.20. The van der Waals surface area contributed by atoms with Crippen molar-refractivity contribution in [3.63, 3.8) is 0 Å². The molecule has 0 aliphatic carbocycles. The molecule has 2 saturated heterocycles. The lowest BCUT2D eigenvalue weighted by molar-refractivity contribution is -0.511. The number of hydrogen-bond acceptors (Lipinski definition) is 9. The van der Waals surface area contributed by atoms with Crippen molar-refractivity contribution in [2.24, 2.45) is 0 Å². The zero-order chi connectivity index (χ0) is 18.2. The highest BCUT2D eigenvalue weighted by molar-refractivity contribution is 7.81. The molecule has 5 atom stereocenters. The van der Waals surface area contributed by atoms with Gasteiger partial charge in [0, 0.05) is 11.3 Å². The highest BCUT2D eigenvalue weighted by Crippen LogP contribution is 2.37. The summed E-state index contributed by atoms with van der Waals surface area (Å²) in [6, 6.07) is -2.83. The van der Waals surface area contributed by atoms with Crippen molar-refractivity contribution < 1.29 is 43.2 Å². The summed E-state index contributed by atoms with van der Waals surface area (Å²) in [4.78, 5) is 51.5. The quantitative estimate of drug-likeness (QED) is 0.153. The largest absolute Gasteiger partial charge is 0.469 e. The summed E-state index contributed by atoms with van der Waals surface area (Å²) >= 11 is 3.93. The molecule has 2 aliphatic heterocycles. The van der Waals surface area contributed by atoms with E-state index >= 15 is 0 Å². The molecule has 0 aromatic heterocycles. The van der Waals surface area contributed by atoms with E-state index in [2.05, 4.69) is 17.2 Å². The van der Waals surface area contributed by atoms with E-state index in [1.807, 2.05) is 0 Å². The topological polar surface area (TPSA) is 189 Å². The molecule has 0 saturated carbocycles. The van der Waals surface area contributed by atoms with Crippen LogP contribution < -0.4 is 5.32 Å². The van der Waals surface area contributed by atoms with Gasteiger partial charge < -0.3 is 19.6 Å². The molecule has 13 nitrogen and oxygen atoms in total. The summed E-state index contributed by atoms with van der Waals surface area (Å²) in [6.07, 6.45) is -3.83. The highest BCUT2D eigenvalue weighted by atomic mass is 32.1. The van der Waals surface area contributed by atoms with E-state index in [4.69, 9.17) is 14.5 Å². The maximum absolute atomic E-state index is 11.9. The summed E-state index contributed by atoms with van der Waals surface area (Å²) in [6.45, 7) is -0.660. The first-order valence-electron chi connectivity index (χ1n) is 6.49. The molecule has 3 amide bonds. The van der Waals surface area contributed by atoms with Gasteiger partial charge in [0.15, 0.2) is 5.37 Å². The number of aliphatic hydroxyl groups excluding tert-OH is 1. The highest BCUT2D eigenvalue weighted by Gasteiger charge is 2.52. The zero-order valence-electron chi connectivity index (χ0n) is 11.8. The van der Waals surface area contributed by atoms with E-state index in [0.29, 0.717) is 0 Å². The Hall–Kier alpha value is -1.28. The first kappa shape index (κ1) is 19.1. The number of hydrogen-bond donors (Lipinski definition) is 5. The molecule has 2 heterocycles. The van der Waals surface area contributed by atoms with Crippen molar-refractivity contribution in [2.75, 3.05) is 6.61 Å². The predicted molar refractivity (Wildman–Crippen MR) is 76.2 cm³/mol. The van der Waals surface area contributed by atoms with Gasteiger partial charge in [-0.15, -0.1) is 12.6 Å². The Labute approximate surface area is 139 Å². The number of carbonyl (C=O) groups is 2. The summed E-state index contributed by atoms with van der Waals surface area (Å²) in [7, 11) is -4.79. The van der Waals surface area contributed by atoms with Crippen LogP contribution in [-0.4, -0.2) is 73.1 Å². The summed E-state index contributed by atoms with van der Waals surface area (Å²) < 4.78 is 20.2. The van der Waals surface area contributed by atoms with Gasteiger partial charge in [0.1, 0.15) is 12.3 Å². The number of ether oxygens (including phenoxy) is 1. The number of phosphoric ester groups is 1. The maximum Gasteiger partial charge on any atom is 0.469 e. The molecule has 2 aliphatic rings. The van der Waals surface area contributed by atoms with Gasteiger partial charge in [-0.2, -0.15) is 0 Å². The normalized spacial score (nSPS) is 34.3. The fraction of sp³-hybridized carbons (Fsp3) is 0.778. The third-order valence-electron chi connectivity index (χ3n) is 3.45. The Morgan fingerprint density at radius 3 is 2.67 bits per heavy atom. The monoisotopic (exact) mass is 387 g/mol. The Kier molecular flexibility index (Phi) is 5.49. The number of phosphoric acid groups is 1. The van der Waals surface area contributed by atoms with Crippen LogP contribution in [0.2, 0.25) is 0 Å². The van der Waals surface area contributed by atoms with Gasteiger partial charge in [0.2, 0.25) is 0 Å². The molecule has 24 heavy (non-hydrogen) atoms. The van der Waals surface area contributed by atoms with Crippen molar-refractivity contribution in [3.8, 4) is 0 Å². The van der Waals surface area contributed by atoms with E-state index in [-0.39, 0.29) is 6.42 Å². The van der Waals surface area contributed by atoms with Crippen molar-refractivity contribution in [2.45, 2.75) is 36.3 Å². The SMILES string of the molecule is O=C1NC(=O)N([C@H]2C[C@H](O)[C@@H](COP(=O)(O)O)O2)[C@@H](S)C1[N+](=O)[O-]. The van der Waals surface area contributed by atoms with Crippen molar-refractivity contribution >= 4 is 32.4 Å². The lowest BCUT2D eigenvalue weighted by Crippen LogP contribution is -2.65. The lowest BCUT2D eigenvalue weighted by atomic mass is 10.1. The van der Waals surface area contributed by atoms with E-state index in [1.54, 1.807) is 5.32 Å². The summed E-state index contributed by atoms with van der Waals surface area (Å²) in [5, 5.41) is 21.1. The van der Waals surface area contributed by atoms with E-state index < -0.39 is 61.1 Å². The number of nitro groups is 1. The standard InChI is InChI=1S/C9H14N3O10PS/c13-3-1-5(22-4(3)2-21-23(18,19)20)11-8(24)6(12(16)17)7(14)10-9(11)15/h3-6,8,13,24H,1-2H2,(H,10,14,15)(H2,18,19,20)/t3-,4+,5+,6?,8-/m0/s1. The van der Waals surface area contributed by atoms with Crippen LogP contribution in [0.5, 0.6) is 0 Å². The zero-order valence-corrected chi connectivity index (χ0v) is 13.6. The average Bonchev–Trinajstić information content (AvgIpc) is 2.75. The molecule has 15 heteroatoms. The van der Waals surface area contributed by atoms with Gasteiger partial charge in [0.05, 0.1) is 12.7 Å². The first-order chi connectivity index (χ1) is 11.0. The number of nitrogens with zero attached hydrogens (tertiary/aromatic N) is 2. The van der Waals surface area contributed by atoms with Crippen molar-refractivity contribution in [1.29, 1.82) is 0 Å². The van der Waals surface area contributed by atoms with Gasteiger partial charge in [-0.1, -0.05) is 0 Å². The Balaban J connectivity index is 2.10. The van der Waals surface area contributed by atoms with E-state index in [0.717, 1.165) is 4.90 Å². The Morgan fingerprint density at radius 1 is 1.50 bits per heavy atom. The molecule has 2 fully saturated rings. The number of rotatable bonds is 5. The number of nitrogens with one attached hydrogen (secondary N) is 1. The number of carbonyl (C=O) groups excluding carboxylic acids is 2. The third-order valence-corrected chi connectivity index (χ3v) is 4.47. The van der Waals surface area contributed by atoms with E-state index in [1.165, 1.54) is 0 Å². The first-order valence-corrected chi connectivity index (χ1v) is 8.54. The predicted octanol–water partition coefficient (Wildman–Crippen LogP) is -1.98. The van der Waals surface area contributed by atoms with Gasteiger partial charge in [-0.25, -0.2) is 9.36 Å². The second-order valence-corrected chi connectivity index (χ2v) is 6.83. The summed E-state index contributed by atoms with van der Waals surface area (Å²) in [5.41, 5.74) is 0. The minimum absolute atomic E-state index is 0.210. The van der Waals surface area contributed by atoms with Crippen LogP contribution in [0.25, 0.3) is 0 Å². The Bertz CT molecular complexity index is 598. The number of aliphatic hydroxyl groups is 1. The van der Waals surface area contributed by atoms with Crippen molar-refractivity contribution in [3.05, 3.63) is 10.1 Å². The van der Waals surface area contributed by atoms with Crippen molar-refractivity contribution in [1.82, 2.24) is 10.2 Å². The molecule has 136 valence electrons. The summed E-state index contributed by atoms with van der Waals surface area (Å²) in [5.74, 6) is -1.12. The molecule has 1 unspecified atom stereocenters. The third kappa shape index (κ3) is 4.03. The molecular weight excluding hydrogens is 373 g/mol.